The number of hydroxylamine groups is 1. The third-order valence-electron chi connectivity index (χ3n) is 3.26. The quantitative estimate of drug-likeness (QED) is 0.192. The summed E-state index contributed by atoms with van der Waals surface area (Å²) in [6.45, 7) is 0. The van der Waals surface area contributed by atoms with Crippen LogP contribution < -0.4 is 10.2 Å². The van der Waals surface area contributed by atoms with Crippen molar-refractivity contribution >= 4 is 23.3 Å². The highest BCUT2D eigenvalue weighted by molar-refractivity contribution is 8.11. The Hall–Kier alpha value is -1.77. The zero-order valence-corrected chi connectivity index (χ0v) is 13.5. The number of hydrogen-bond acceptors (Lipinski definition) is 5. The van der Waals surface area contributed by atoms with Crippen molar-refractivity contribution in [3.8, 4) is 0 Å². The molecule has 128 valence electrons. The predicted octanol–water partition coefficient (Wildman–Crippen LogP) is 2.96. The Kier molecular flexibility index (Phi) is 7.18. The van der Waals surface area contributed by atoms with Crippen LogP contribution in [0.5, 0.6) is 0 Å². The fourth-order valence-corrected chi connectivity index (χ4v) is 3.31. The first kappa shape index (κ1) is 17.6. The second-order valence-corrected chi connectivity index (χ2v) is 6.71. The van der Waals surface area contributed by atoms with Gasteiger partial charge in [0, 0.05) is 18.2 Å². The fraction of sp³-hybridized carbons (Fsp3) is 0.400. The number of nitrogens with one attached hydrogen (secondary N) is 2. The molecule has 1 atom stereocenters. The standard InChI is InChI=1S/C15H21FN2O4S/c16-13-8-6-12(7-9-13)11-15-18-23(22-21-15)10-4-2-1-3-5-14(19)17-20/h6-9,11,18,20,23H,1-5,10H2,(H,17,19)/b15-11-. The van der Waals surface area contributed by atoms with Crippen LogP contribution in [0, 0.1) is 5.82 Å². The second-order valence-electron chi connectivity index (χ2n) is 5.13. The van der Waals surface area contributed by atoms with Crippen LogP contribution >= 0.6 is 11.4 Å². The maximum Gasteiger partial charge on any atom is 0.243 e. The molecule has 1 aliphatic heterocycles. The van der Waals surface area contributed by atoms with Gasteiger partial charge in [0.05, 0.1) is 0 Å². The van der Waals surface area contributed by atoms with Crippen LogP contribution in [0.1, 0.15) is 37.7 Å². The van der Waals surface area contributed by atoms with Crippen LogP contribution in [-0.4, -0.2) is 16.9 Å². The Bertz CT molecular complexity index is 539. The molecule has 0 saturated carbocycles. The van der Waals surface area contributed by atoms with Crippen molar-refractivity contribution < 1.29 is 23.6 Å². The molecule has 1 aromatic carbocycles. The molecule has 8 heteroatoms. The lowest BCUT2D eigenvalue weighted by atomic mass is 10.1. The molecule has 1 fully saturated rings. The van der Waals surface area contributed by atoms with E-state index in [4.69, 9.17) is 14.4 Å². The zero-order valence-electron chi connectivity index (χ0n) is 12.6. The number of rotatable bonds is 8. The lowest BCUT2D eigenvalue weighted by molar-refractivity contribution is -0.135. The van der Waals surface area contributed by atoms with E-state index in [2.05, 4.69) is 4.72 Å². The van der Waals surface area contributed by atoms with Crippen molar-refractivity contribution in [1.82, 2.24) is 10.2 Å². The van der Waals surface area contributed by atoms with Gasteiger partial charge in [-0.2, -0.15) is 0 Å². The van der Waals surface area contributed by atoms with Crippen LogP contribution in [0.4, 0.5) is 4.39 Å². The third-order valence-corrected chi connectivity index (χ3v) is 4.71. The van der Waals surface area contributed by atoms with E-state index < -0.39 is 11.4 Å². The van der Waals surface area contributed by atoms with Gasteiger partial charge in [0.15, 0.2) is 0 Å². The molecule has 1 unspecified atom stereocenters. The molecule has 3 N–H and O–H groups in total. The molecule has 1 aliphatic rings. The van der Waals surface area contributed by atoms with E-state index in [9.17, 15) is 9.18 Å². The molecule has 1 heterocycles. The molecule has 1 amide bonds. The molecule has 6 nitrogen and oxygen atoms in total. The van der Waals surface area contributed by atoms with Gasteiger partial charge >= 0.3 is 0 Å². The summed E-state index contributed by atoms with van der Waals surface area (Å²) in [4.78, 5) is 16.0. The number of carbonyl (C=O) groups excluding carboxylic acids is 1. The largest absolute Gasteiger partial charge is 0.306 e. The third kappa shape index (κ3) is 6.47. The summed E-state index contributed by atoms with van der Waals surface area (Å²) in [5, 5.41) is 8.37. The molecule has 2 rings (SSSR count). The minimum atomic E-state index is -0.857. The number of carbonyl (C=O) groups is 1. The Balaban J connectivity index is 1.62. The van der Waals surface area contributed by atoms with Gasteiger partial charge in [-0.3, -0.25) is 14.7 Å². The van der Waals surface area contributed by atoms with Crippen LogP contribution in [-0.2, 0) is 14.0 Å². The minimum Gasteiger partial charge on any atom is -0.306 e. The highest BCUT2D eigenvalue weighted by Crippen LogP contribution is 2.33. The van der Waals surface area contributed by atoms with E-state index >= 15 is 0 Å². The zero-order chi connectivity index (χ0) is 16.5. The van der Waals surface area contributed by atoms with Crippen LogP contribution in [0.15, 0.2) is 30.1 Å². The van der Waals surface area contributed by atoms with Crippen molar-refractivity contribution in [1.29, 1.82) is 0 Å². The lowest BCUT2D eigenvalue weighted by Gasteiger charge is -2.09. The van der Waals surface area contributed by atoms with Crippen molar-refractivity contribution in [2.24, 2.45) is 0 Å². The van der Waals surface area contributed by atoms with Crippen LogP contribution in [0.2, 0.25) is 0 Å². The molecule has 0 aromatic heterocycles. The fourth-order valence-electron chi connectivity index (χ4n) is 2.06. The summed E-state index contributed by atoms with van der Waals surface area (Å²) < 4.78 is 21.2. The Labute approximate surface area is 137 Å². The maximum atomic E-state index is 12.8. The molecule has 23 heavy (non-hydrogen) atoms. The van der Waals surface area contributed by atoms with Crippen molar-refractivity contribution in [2.45, 2.75) is 32.1 Å². The minimum absolute atomic E-state index is 0.276. The second kappa shape index (κ2) is 9.39. The Morgan fingerprint density at radius 1 is 1.26 bits per heavy atom. The monoisotopic (exact) mass is 344 g/mol. The number of amides is 1. The highest BCUT2D eigenvalue weighted by Gasteiger charge is 2.17. The molecular formula is C15H21FN2O4S. The van der Waals surface area contributed by atoms with Crippen molar-refractivity contribution in [2.75, 3.05) is 5.75 Å². The summed E-state index contributed by atoms with van der Waals surface area (Å²) in [5.41, 5.74) is 2.45. The summed E-state index contributed by atoms with van der Waals surface area (Å²) in [6.07, 6.45) is 5.73. The highest BCUT2D eigenvalue weighted by atomic mass is 32.2. The van der Waals surface area contributed by atoms with E-state index in [1.165, 1.54) is 12.1 Å². The first-order valence-electron chi connectivity index (χ1n) is 7.46. The summed E-state index contributed by atoms with van der Waals surface area (Å²) in [5.74, 6) is 0.756. The van der Waals surface area contributed by atoms with Gasteiger partial charge in [0.25, 0.3) is 0 Å². The number of benzene rings is 1. The number of unbranched alkanes of at least 4 members (excludes halogenated alkanes) is 3. The van der Waals surface area contributed by atoms with Gasteiger partial charge in [-0.1, -0.05) is 25.0 Å². The van der Waals surface area contributed by atoms with Crippen LogP contribution in [0.25, 0.3) is 6.08 Å². The molecule has 0 aliphatic carbocycles. The molecule has 1 saturated heterocycles. The van der Waals surface area contributed by atoms with Gasteiger partial charge in [0.1, 0.15) is 5.82 Å². The maximum absolute atomic E-state index is 12.8. The molecular weight excluding hydrogens is 323 g/mol. The Morgan fingerprint density at radius 3 is 2.74 bits per heavy atom. The molecule has 0 spiro atoms. The van der Waals surface area contributed by atoms with Crippen molar-refractivity contribution in [3.63, 3.8) is 0 Å². The van der Waals surface area contributed by atoms with E-state index in [1.54, 1.807) is 23.7 Å². The number of hydrogen-bond donors (Lipinski definition) is 4. The first-order chi connectivity index (χ1) is 11.2. The van der Waals surface area contributed by atoms with Gasteiger partial charge in [0.2, 0.25) is 11.8 Å². The van der Waals surface area contributed by atoms with E-state index in [0.29, 0.717) is 12.3 Å². The van der Waals surface area contributed by atoms with E-state index in [0.717, 1.165) is 37.0 Å². The summed E-state index contributed by atoms with van der Waals surface area (Å²) >= 11 is -0.857. The average molecular weight is 344 g/mol. The lowest BCUT2D eigenvalue weighted by Crippen LogP contribution is -2.17. The SMILES string of the molecule is O=C(CCCCCC[SH]1N/C(=C/c2ccc(F)cc2)OO1)NO. The summed E-state index contributed by atoms with van der Waals surface area (Å²) in [6, 6.07) is 6.11. The van der Waals surface area contributed by atoms with Crippen molar-refractivity contribution in [3.05, 3.63) is 41.5 Å². The van der Waals surface area contributed by atoms with Gasteiger partial charge in [-0.05, 0) is 41.9 Å². The summed E-state index contributed by atoms with van der Waals surface area (Å²) in [7, 11) is 0. The normalized spacial score (nSPS) is 20.1. The number of halogens is 1. The molecule has 0 radical (unpaired) electrons. The topological polar surface area (TPSA) is 79.8 Å². The Morgan fingerprint density at radius 2 is 2.00 bits per heavy atom. The van der Waals surface area contributed by atoms with Gasteiger partial charge in [-0.25, -0.2) is 9.87 Å². The van der Waals surface area contributed by atoms with E-state index in [-0.39, 0.29) is 11.7 Å². The first-order valence-corrected chi connectivity index (χ1v) is 8.91. The van der Waals surface area contributed by atoms with Gasteiger partial charge in [-0.15, -0.1) is 4.33 Å². The number of thiol groups is 1. The van der Waals surface area contributed by atoms with E-state index in [1.807, 2.05) is 0 Å². The predicted molar refractivity (Wildman–Crippen MR) is 86.5 cm³/mol. The van der Waals surface area contributed by atoms with Crippen LogP contribution in [0.3, 0.4) is 0 Å². The molecule has 0 bridgehead atoms. The smallest absolute Gasteiger partial charge is 0.243 e. The van der Waals surface area contributed by atoms with Gasteiger partial charge < -0.3 is 4.89 Å². The molecule has 1 aromatic rings. The average Bonchev–Trinajstić information content (AvgIpc) is 3.00.